The molecule has 1 heterocycles. The molecule has 20 heavy (non-hydrogen) atoms. The van der Waals surface area contributed by atoms with Gasteiger partial charge in [0.15, 0.2) is 0 Å². The molecule has 112 valence electrons. The van der Waals surface area contributed by atoms with E-state index in [1.807, 2.05) is 31.2 Å². The summed E-state index contributed by atoms with van der Waals surface area (Å²) in [5, 5.41) is 3.27. The Balaban J connectivity index is 2.21. The number of fused-ring (bicyclic) bond motifs is 1. The van der Waals surface area contributed by atoms with E-state index in [0.29, 0.717) is 6.54 Å². The zero-order chi connectivity index (χ0) is 14.8. The maximum atomic E-state index is 12.6. The predicted octanol–water partition coefficient (Wildman–Crippen LogP) is 2.59. The smallest absolute Gasteiger partial charge is 0.401 e. The highest BCUT2D eigenvalue weighted by Crippen LogP contribution is 2.34. The Morgan fingerprint density at radius 1 is 1.35 bits per heavy atom. The molecule has 0 spiro atoms. The average Bonchev–Trinajstić information content (AvgIpc) is 2.37. The molecule has 1 N–H and O–H groups in total. The number of halogens is 3. The van der Waals surface area contributed by atoms with Gasteiger partial charge in [-0.2, -0.15) is 13.2 Å². The summed E-state index contributed by atoms with van der Waals surface area (Å²) in [5.41, 5.74) is 0.916. The zero-order valence-electron chi connectivity index (χ0n) is 11.6. The van der Waals surface area contributed by atoms with Crippen LogP contribution in [0.5, 0.6) is 5.75 Å². The van der Waals surface area contributed by atoms with Crippen LogP contribution in [0, 0.1) is 0 Å². The second-order valence-electron chi connectivity index (χ2n) is 4.98. The van der Waals surface area contributed by atoms with Crippen molar-refractivity contribution < 1.29 is 17.9 Å². The summed E-state index contributed by atoms with van der Waals surface area (Å²) in [6, 6.07) is 6.99. The van der Waals surface area contributed by atoms with Crippen molar-refractivity contribution in [3.63, 3.8) is 0 Å². The lowest BCUT2D eigenvalue weighted by atomic mass is 9.95. The normalized spacial score (nSPS) is 22.5. The van der Waals surface area contributed by atoms with Crippen LogP contribution in [0.15, 0.2) is 24.3 Å². The van der Waals surface area contributed by atoms with Gasteiger partial charge in [0.05, 0.1) is 18.6 Å². The molecule has 0 amide bonds. The van der Waals surface area contributed by atoms with Crippen LogP contribution < -0.4 is 10.1 Å². The van der Waals surface area contributed by atoms with E-state index in [9.17, 15) is 13.2 Å². The number of nitrogens with one attached hydrogen (secondary N) is 1. The van der Waals surface area contributed by atoms with E-state index in [2.05, 4.69) is 5.32 Å². The van der Waals surface area contributed by atoms with Crippen molar-refractivity contribution in [3.05, 3.63) is 29.8 Å². The Kier molecular flexibility index (Phi) is 4.55. The molecule has 6 heteroatoms. The molecular formula is C14H19F3N2O. The number of ether oxygens (including phenoxy) is 1. The van der Waals surface area contributed by atoms with E-state index in [1.54, 1.807) is 0 Å². The summed E-state index contributed by atoms with van der Waals surface area (Å²) < 4.78 is 43.3. The Hall–Kier alpha value is -1.27. The minimum absolute atomic E-state index is 0.155. The van der Waals surface area contributed by atoms with Crippen LogP contribution in [0.3, 0.4) is 0 Å². The molecule has 1 aromatic rings. The van der Waals surface area contributed by atoms with Gasteiger partial charge in [-0.3, -0.25) is 4.90 Å². The van der Waals surface area contributed by atoms with E-state index < -0.39 is 12.7 Å². The summed E-state index contributed by atoms with van der Waals surface area (Å²) in [6.45, 7) is 1.95. The third-order valence-corrected chi connectivity index (χ3v) is 3.47. The molecule has 3 nitrogen and oxygen atoms in total. The van der Waals surface area contributed by atoms with Crippen LogP contribution in [0.1, 0.15) is 18.5 Å². The highest BCUT2D eigenvalue weighted by molar-refractivity contribution is 5.38. The first-order valence-corrected chi connectivity index (χ1v) is 6.64. The molecule has 0 aromatic heterocycles. The molecule has 0 aliphatic carbocycles. The number of hydrogen-bond donors (Lipinski definition) is 1. The van der Waals surface area contributed by atoms with Gasteiger partial charge in [-0.05, 0) is 19.7 Å². The first-order valence-electron chi connectivity index (χ1n) is 6.64. The Labute approximate surface area is 116 Å². The molecule has 2 unspecified atom stereocenters. The van der Waals surface area contributed by atoms with Gasteiger partial charge in [-0.25, -0.2) is 0 Å². The Morgan fingerprint density at radius 3 is 2.70 bits per heavy atom. The SMILES string of the molecule is CCNC1c2ccccc2OCC1N(C)CC(F)(F)F. The van der Waals surface area contributed by atoms with Crippen molar-refractivity contribution in [1.82, 2.24) is 10.2 Å². The second kappa shape index (κ2) is 6.01. The standard InChI is InChI=1S/C14H19F3N2O/c1-3-18-13-10-6-4-5-7-12(10)20-8-11(13)19(2)9-14(15,16)17/h4-7,11,13,18H,3,8-9H2,1-2H3. The fraction of sp³-hybridized carbons (Fsp3) is 0.571. The summed E-state index contributed by atoms with van der Waals surface area (Å²) in [7, 11) is 1.49. The van der Waals surface area contributed by atoms with Crippen LogP contribution in [0.2, 0.25) is 0 Å². The Bertz CT molecular complexity index is 450. The van der Waals surface area contributed by atoms with Crippen LogP contribution in [-0.2, 0) is 0 Å². The third-order valence-electron chi connectivity index (χ3n) is 3.47. The third kappa shape index (κ3) is 3.43. The number of benzene rings is 1. The van der Waals surface area contributed by atoms with Crippen molar-refractivity contribution in [2.24, 2.45) is 0 Å². The largest absolute Gasteiger partial charge is 0.492 e. The molecular weight excluding hydrogens is 269 g/mol. The molecule has 0 saturated carbocycles. The van der Waals surface area contributed by atoms with E-state index in [4.69, 9.17) is 4.74 Å². The van der Waals surface area contributed by atoms with E-state index in [-0.39, 0.29) is 18.7 Å². The van der Waals surface area contributed by atoms with Gasteiger partial charge in [-0.1, -0.05) is 25.1 Å². The quantitative estimate of drug-likeness (QED) is 0.921. The lowest BCUT2D eigenvalue weighted by Crippen LogP contribution is -2.51. The van der Waals surface area contributed by atoms with Crippen molar-refractivity contribution in [3.8, 4) is 5.75 Å². The fourth-order valence-electron chi connectivity index (χ4n) is 2.60. The van der Waals surface area contributed by atoms with Crippen LogP contribution >= 0.6 is 0 Å². The maximum absolute atomic E-state index is 12.6. The number of para-hydroxylation sites is 1. The molecule has 2 rings (SSSR count). The van der Waals surface area contributed by atoms with Gasteiger partial charge in [0, 0.05) is 5.56 Å². The van der Waals surface area contributed by atoms with Crippen LogP contribution in [0.25, 0.3) is 0 Å². The summed E-state index contributed by atoms with van der Waals surface area (Å²) in [6.07, 6.45) is -4.21. The molecule has 0 saturated heterocycles. The van der Waals surface area contributed by atoms with Crippen LogP contribution in [0.4, 0.5) is 13.2 Å². The molecule has 2 atom stereocenters. The number of rotatable bonds is 4. The topological polar surface area (TPSA) is 24.5 Å². The Morgan fingerprint density at radius 2 is 2.05 bits per heavy atom. The second-order valence-corrected chi connectivity index (χ2v) is 4.98. The average molecular weight is 288 g/mol. The van der Waals surface area contributed by atoms with Crippen molar-refractivity contribution in [2.75, 3.05) is 26.7 Å². The van der Waals surface area contributed by atoms with Gasteiger partial charge in [-0.15, -0.1) is 0 Å². The maximum Gasteiger partial charge on any atom is 0.401 e. The molecule has 0 fully saturated rings. The van der Waals surface area contributed by atoms with Crippen LogP contribution in [-0.4, -0.2) is 43.9 Å². The first-order chi connectivity index (χ1) is 9.42. The minimum Gasteiger partial charge on any atom is -0.492 e. The van der Waals surface area contributed by atoms with Crippen molar-refractivity contribution in [2.45, 2.75) is 25.2 Å². The lowest BCUT2D eigenvalue weighted by Gasteiger charge is -2.39. The van der Waals surface area contributed by atoms with E-state index >= 15 is 0 Å². The molecule has 1 aliphatic heterocycles. The fourth-order valence-corrected chi connectivity index (χ4v) is 2.60. The lowest BCUT2D eigenvalue weighted by molar-refractivity contribution is -0.150. The van der Waals surface area contributed by atoms with Gasteiger partial charge in [0.1, 0.15) is 12.4 Å². The van der Waals surface area contributed by atoms with Gasteiger partial charge in [0.2, 0.25) is 0 Å². The molecule has 1 aliphatic rings. The predicted molar refractivity (Wildman–Crippen MR) is 70.8 cm³/mol. The monoisotopic (exact) mass is 288 g/mol. The summed E-state index contributed by atoms with van der Waals surface area (Å²) >= 11 is 0. The molecule has 0 bridgehead atoms. The number of nitrogens with zero attached hydrogens (tertiary/aromatic N) is 1. The molecule has 0 radical (unpaired) electrons. The highest BCUT2D eigenvalue weighted by atomic mass is 19.4. The zero-order valence-corrected chi connectivity index (χ0v) is 11.6. The van der Waals surface area contributed by atoms with Gasteiger partial charge in [0.25, 0.3) is 0 Å². The van der Waals surface area contributed by atoms with E-state index in [0.717, 1.165) is 11.3 Å². The summed E-state index contributed by atoms with van der Waals surface area (Å²) in [5.74, 6) is 0.745. The molecule has 1 aromatic carbocycles. The van der Waals surface area contributed by atoms with Gasteiger partial charge >= 0.3 is 6.18 Å². The minimum atomic E-state index is -4.21. The first kappa shape index (κ1) is 15.1. The van der Waals surface area contributed by atoms with E-state index in [1.165, 1.54) is 11.9 Å². The number of hydrogen-bond acceptors (Lipinski definition) is 3. The summed E-state index contributed by atoms with van der Waals surface area (Å²) in [4.78, 5) is 1.31. The van der Waals surface area contributed by atoms with Crippen molar-refractivity contribution in [1.29, 1.82) is 0 Å². The highest BCUT2D eigenvalue weighted by Gasteiger charge is 2.38. The number of alkyl halides is 3. The number of likely N-dealkylation sites (N-methyl/N-ethyl adjacent to an activating group) is 2. The van der Waals surface area contributed by atoms with Crippen molar-refractivity contribution >= 4 is 0 Å². The van der Waals surface area contributed by atoms with Gasteiger partial charge < -0.3 is 10.1 Å².